The van der Waals surface area contributed by atoms with Crippen LogP contribution in [-0.2, 0) is 106 Å². The SMILES string of the molecule is COC(=O)CC[C@@H](C)[C@H]1CC[C@H]2[C@@H]3[C@H](OC(=O)Cn4cc(COC(=O)CC[C@@H](C)[C@H]5CC[C@H]6[C@@H]7[C@H](O)C[C@@H]8C[C@H](O)CC[C@]8(C)[C@H]7C[C@H](O)[C@]56C)nn4)C[C@@H]4C[C@H](OC(=O)Cn5cc(COC(=O)CC[C@@H](C)[C@H]6CC[C@H]7[C@@H]8[C@H](O)C[C@@H]9C[C@H](O)CC[C@]9(C)[C@H]8C[C@H](O)[C@]67C)nn5)CC[C@]4(C)[C@H]3C[C@H](OC(=O)Cn3cc(COC(=O)CC[C@@H](C)[C@H]4CC[C@H]5[C@@H]6[C@H](O)C[C@@H]7C[C@H](O)CC[C@]7(C)[C@H]6C[C@H](O)[C@]45C)nn3)[C@]12C. The maximum atomic E-state index is 15.0. The number of carbonyl (C=O) groups is 7. The summed E-state index contributed by atoms with van der Waals surface area (Å²) in [5.41, 5.74) is -1.52. The van der Waals surface area contributed by atoms with Gasteiger partial charge >= 0.3 is 41.8 Å². The number of nitrogens with zero attached hydrogens (tertiary/aromatic N) is 9. The molecule has 0 aromatic carbocycles. The molecule has 3 aromatic heterocycles. The molecular weight excluding hydrogens is 1840 g/mol. The predicted molar refractivity (Wildman–Crippen MR) is 523 cm³/mol. The third kappa shape index (κ3) is 19.1. The molecule has 3 heterocycles. The minimum atomic E-state index is -0.719. The molecule has 44 atom stereocenters. The van der Waals surface area contributed by atoms with Crippen LogP contribution >= 0.6 is 0 Å². The molecule has 32 nitrogen and oxygen atoms in total. The molecule has 144 heavy (non-hydrogen) atoms. The summed E-state index contributed by atoms with van der Waals surface area (Å²) < 4.78 is 47.1. The van der Waals surface area contributed by atoms with E-state index in [9.17, 15) is 69.9 Å². The van der Waals surface area contributed by atoms with Gasteiger partial charge in [-0.2, -0.15) is 0 Å². The first-order chi connectivity index (χ1) is 68.4. The number of carbonyl (C=O) groups excluding carboxylic acids is 7. The van der Waals surface area contributed by atoms with Crippen LogP contribution in [0, 0.1) is 185 Å². The third-order valence-electron chi connectivity index (χ3n) is 46.1. The minimum absolute atomic E-state index is 0.0325. The molecule has 19 rings (SSSR count). The van der Waals surface area contributed by atoms with Crippen molar-refractivity contribution in [2.24, 2.45) is 185 Å². The second kappa shape index (κ2) is 41.2. The Morgan fingerprint density at radius 3 is 0.993 bits per heavy atom. The monoisotopic (exact) mass is 2010 g/mol. The van der Waals surface area contributed by atoms with Gasteiger partial charge < -0.3 is 79.1 Å². The Morgan fingerprint density at radius 1 is 0.333 bits per heavy atom. The fraction of sp³-hybridized carbons (Fsp3) is 0.884. The van der Waals surface area contributed by atoms with Gasteiger partial charge in [0.15, 0.2) is 0 Å². The summed E-state index contributed by atoms with van der Waals surface area (Å²) >= 11 is 0. The fourth-order valence-corrected chi connectivity index (χ4v) is 38.3. The number of hydrogen-bond acceptors (Lipinski definition) is 29. The molecule has 0 unspecified atom stereocenters. The summed E-state index contributed by atoms with van der Waals surface area (Å²) in [5.74, 6) is -1.49. The van der Waals surface area contributed by atoms with Crippen LogP contribution in [-0.4, -0.2) is 213 Å². The molecule has 0 spiro atoms. The van der Waals surface area contributed by atoms with E-state index in [2.05, 4.69) is 114 Å². The molecule has 802 valence electrons. The van der Waals surface area contributed by atoms with Gasteiger partial charge in [0, 0.05) is 37.0 Å². The first kappa shape index (κ1) is 106. The summed E-state index contributed by atoms with van der Waals surface area (Å²) in [7, 11) is 1.38. The van der Waals surface area contributed by atoms with Gasteiger partial charge in [0.2, 0.25) is 0 Å². The van der Waals surface area contributed by atoms with Crippen molar-refractivity contribution < 1.29 is 113 Å². The molecule has 16 saturated carbocycles. The highest BCUT2D eigenvalue weighted by atomic mass is 16.6. The van der Waals surface area contributed by atoms with Crippen LogP contribution in [0.2, 0.25) is 0 Å². The van der Waals surface area contributed by atoms with Gasteiger partial charge in [-0.1, -0.05) is 98.7 Å². The number of hydrogen-bond donors (Lipinski definition) is 9. The minimum Gasteiger partial charge on any atom is -0.469 e. The molecule has 32 heteroatoms. The van der Waals surface area contributed by atoms with Gasteiger partial charge in [0.1, 0.15) is 74.8 Å². The van der Waals surface area contributed by atoms with Gasteiger partial charge in [-0.25, -0.2) is 14.0 Å². The Balaban J connectivity index is 0.497. The molecule has 16 aliphatic carbocycles. The van der Waals surface area contributed by atoms with E-state index >= 15 is 9.59 Å². The Kier molecular flexibility index (Phi) is 30.2. The second-order valence-corrected chi connectivity index (χ2v) is 52.3. The lowest BCUT2D eigenvalue weighted by Gasteiger charge is -2.64. The molecular formula is C112H171N9O23. The number of aliphatic hydroxyl groups is 9. The van der Waals surface area contributed by atoms with E-state index in [0.29, 0.717) is 139 Å². The predicted octanol–water partition coefficient (Wildman–Crippen LogP) is 13.3. The number of ether oxygens (including phenoxy) is 7. The second-order valence-electron chi connectivity index (χ2n) is 52.3. The molecule has 3 aromatic rings. The van der Waals surface area contributed by atoms with E-state index < -0.39 is 118 Å². The van der Waals surface area contributed by atoms with E-state index in [1.165, 1.54) is 21.2 Å². The van der Waals surface area contributed by atoms with E-state index in [1.807, 2.05) is 0 Å². The fourth-order valence-electron chi connectivity index (χ4n) is 38.3. The number of aromatic nitrogens is 9. The Hall–Kier alpha value is -6.65. The zero-order chi connectivity index (χ0) is 102. The molecule has 0 bridgehead atoms. The van der Waals surface area contributed by atoms with Crippen LogP contribution in [0.3, 0.4) is 0 Å². The first-order valence-corrected chi connectivity index (χ1v) is 56.3. The number of fused-ring (bicyclic) bond motifs is 20. The van der Waals surface area contributed by atoms with Gasteiger partial charge in [0.25, 0.3) is 0 Å². The number of esters is 7. The molecule has 0 amide bonds. The van der Waals surface area contributed by atoms with Crippen LogP contribution in [0.25, 0.3) is 0 Å². The van der Waals surface area contributed by atoms with Crippen LogP contribution in [0.4, 0.5) is 0 Å². The topological polar surface area (TPSA) is 458 Å². The van der Waals surface area contributed by atoms with E-state index in [4.69, 9.17) is 33.2 Å². The quantitative estimate of drug-likeness (QED) is 0.0213. The largest absolute Gasteiger partial charge is 0.469 e. The summed E-state index contributed by atoms with van der Waals surface area (Å²) in [5, 5.41) is 130. The van der Waals surface area contributed by atoms with Crippen molar-refractivity contribution in [1.82, 2.24) is 45.0 Å². The van der Waals surface area contributed by atoms with Crippen molar-refractivity contribution in [2.45, 2.75) is 427 Å². The molecule has 9 N–H and O–H groups in total. The summed E-state index contributed by atoms with van der Waals surface area (Å²) in [4.78, 5) is 98.3. The lowest BCUT2D eigenvalue weighted by molar-refractivity contribution is -0.226. The Bertz CT molecular complexity index is 5090. The Morgan fingerprint density at radius 2 is 0.639 bits per heavy atom. The smallest absolute Gasteiger partial charge is 0.328 e. The van der Waals surface area contributed by atoms with Crippen LogP contribution in [0.15, 0.2) is 18.6 Å². The van der Waals surface area contributed by atoms with Gasteiger partial charge in [-0.3, -0.25) is 33.6 Å². The van der Waals surface area contributed by atoms with Crippen molar-refractivity contribution in [3.05, 3.63) is 35.7 Å². The zero-order valence-electron chi connectivity index (χ0n) is 88.0. The standard InChI is InChI=1S/C112H171N9O23/c1-59(74-18-22-78-101-82(46-90(128)109(74,78)9)105(5)34-30-70(122)38-63(105)42-86(101)125)15-27-95(132)139-56-67-50-119(116-113-67)53-98(135)142-73-33-37-108(8)66(41-73)45-89(143-99(136)54-120-51-68(114-117-120)57-140-96(133)28-16-60(2)75-19-23-79-102-83(47-91(129)110(75,79)10)106(6)35-31-71(123)39-64(106)43-87(102)126)104-81-25-21-77(62(4)14-26-94(131)138-13)112(81,12)93(49-85(104)108)144-100(137)55-121-52-69(115-118-121)58-141-97(134)29-17-61(3)76-20-24-80-103-84(48-92(130)111(76,80)11)107(7)36-32-72(124)40-65(107)44-88(103)127/h50-52,59-66,70-93,101-104,122-130H,14-49,53-58H2,1-13H3/t59-,60-,61-,62-,63+,64+,65+,66+,70-,71-,72-,73-,74-,75-,76-,77-,78+,79+,80+,81+,82+,83+,84+,85+,86-,87-,88-,89-,90+,91+,92+,93+,101+,102+,103+,104+,105+,106+,107+,108+,109-,110-,111-,112-/m1/s1. The molecule has 0 aliphatic heterocycles. The molecule has 16 aliphatic rings. The normalized spacial score (nSPS) is 45.1. The van der Waals surface area contributed by atoms with Crippen LogP contribution < -0.4 is 0 Å². The number of rotatable bonds is 31. The maximum absolute atomic E-state index is 15.0. The highest BCUT2D eigenvalue weighted by Gasteiger charge is 2.73. The van der Waals surface area contributed by atoms with Crippen molar-refractivity contribution in [1.29, 1.82) is 0 Å². The lowest BCUT2D eigenvalue weighted by atomic mass is 9.43. The van der Waals surface area contributed by atoms with Crippen molar-refractivity contribution >= 4 is 41.8 Å². The van der Waals surface area contributed by atoms with E-state index in [1.54, 1.807) is 18.6 Å². The zero-order valence-corrected chi connectivity index (χ0v) is 88.0. The summed E-state index contributed by atoms with van der Waals surface area (Å²) in [6, 6.07) is 0. The van der Waals surface area contributed by atoms with Crippen molar-refractivity contribution in [3.63, 3.8) is 0 Å². The van der Waals surface area contributed by atoms with Gasteiger partial charge in [-0.05, 0) is 379 Å². The molecule has 0 saturated heterocycles. The molecule has 16 fully saturated rings. The average molecular weight is 2010 g/mol. The average Bonchev–Trinajstić information content (AvgIpc) is 1.45. The summed E-state index contributed by atoms with van der Waals surface area (Å²) in [6.45, 7) is 25.4. The number of methoxy groups -OCH3 is 1. The van der Waals surface area contributed by atoms with Crippen molar-refractivity contribution in [3.8, 4) is 0 Å². The lowest BCUT2D eigenvalue weighted by Crippen LogP contribution is -2.63. The van der Waals surface area contributed by atoms with Crippen LogP contribution in [0.5, 0.6) is 0 Å². The highest BCUT2D eigenvalue weighted by Crippen LogP contribution is 2.75. The van der Waals surface area contributed by atoms with Crippen molar-refractivity contribution in [2.75, 3.05) is 7.11 Å². The number of aliphatic hydroxyl groups excluding tert-OH is 9. The Labute approximate surface area is 850 Å². The van der Waals surface area contributed by atoms with Crippen LogP contribution in [0.1, 0.15) is 331 Å². The van der Waals surface area contributed by atoms with Gasteiger partial charge in [0.05, 0.1) is 80.6 Å². The highest BCUT2D eigenvalue weighted by molar-refractivity contribution is 5.72. The molecule has 0 radical (unpaired) electrons. The van der Waals surface area contributed by atoms with Gasteiger partial charge in [-0.15, -0.1) is 15.3 Å². The maximum Gasteiger partial charge on any atom is 0.328 e. The van der Waals surface area contributed by atoms with E-state index in [0.717, 1.165) is 83.5 Å². The first-order valence-electron chi connectivity index (χ1n) is 56.3. The summed E-state index contributed by atoms with van der Waals surface area (Å²) in [6.07, 6.45) is 21.8. The third-order valence-corrected chi connectivity index (χ3v) is 46.1. The van der Waals surface area contributed by atoms with E-state index in [-0.39, 0.29) is 248 Å².